The number of nitrogens with zero attached hydrogens (tertiary/aromatic N) is 2. The van der Waals surface area contributed by atoms with Gasteiger partial charge in [-0.3, -0.25) is 14.4 Å². The summed E-state index contributed by atoms with van der Waals surface area (Å²) in [6.45, 7) is 3.41. The summed E-state index contributed by atoms with van der Waals surface area (Å²) >= 11 is 6.07. The molecule has 4 rings (SSSR count). The van der Waals surface area contributed by atoms with Gasteiger partial charge in [-0.25, -0.2) is 4.39 Å². The maximum atomic E-state index is 14.3. The van der Waals surface area contributed by atoms with Crippen LogP contribution in [-0.4, -0.2) is 60.2 Å². The van der Waals surface area contributed by atoms with Crippen LogP contribution in [0.1, 0.15) is 42.9 Å². The molecule has 2 atom stereocenters. The van der Waals surface area contributed by atoms with Crippen molar-refractivity contribution in [1.29, 1.82) is 0 Å². The van der Waals surface area contributed by atoms with E-state index in [1.807, 2.05) is 14.0 Å². The number of aryl methyl sites for hydroxylation is 1. The Hall–Kier alpha value is -2.97. The molecule has 2 aliphatic rings. The Morgan fingerprint density at radius 1 is 1.11 bits per heavy atom. The Labute approximate surface area is 216 Å². The Morgan fingerprint density at radius 2 is 1.86 bits per heavy atom. The molecule has 0 radical (unpaired) electrons. The summed E-state index contributed by atoms with van der Waals surface area (Å²) in [5.41, 5.74) is 1.81. The molecule has 2 N–H and O–H groups in total. The molecule has 2 aromatic rings. The van der Waals surface area contributed by atoms with Crippen molar-refractivity contribution in [2.45, 2.75) is 44.7 Å². The number of anilines is 1. The third kappa shape index (κ3) is 6.23. The number of likely N-dealkylation sites (tertiary alicyclic amines) is 2. The summed E-state index contributed by atoms with van der Waals surface area (Å²) < 4.78 is 14.3. The highest BCUT2D eigenvalue weighted by atomic mass is 35.5. The Kier molecular flexibility index (Phi) is 8.26. The predicted molar refractivity (Wildman–Crippen MR) is 137 cm³/mol. The second kappa shape index (κ2) is 11.4. The van der Waals surface area contributed by atoms with Crippen molar-refractivity contribution < 1.29 is 18.8 Å². The Morgan fingerprint density at radius 3 is 2.58 bits per heavy atom. The molecule has 2 fully saturated rings. The quantitative estimate of drug-likeness (QED) is 0.612. The van der Waals surface area contributed by atoms with Crippen LogP contribution in [0.25, 0.3) is 0 Å². The highest BCUT2D eigenvalue weighted by Gasteiger charge is 2.42. The van der Waals surface area contributed by atoms with Crippen LogP contribution in [-0.2, 0) is 14.4 Å². The Bertz CT molecular complexity index is 1140. The van der Waals surface area contributed by atoms with Gasteiger partial charge in [-0.2, -0.15) is 0 Å². The first kappa shape index (κ1) is 26.1. The van der Waals surface area contributed by atoms with E-state index in [1.54, 1.807) is 30.3 Å². The molecule has 9 heteroatoms. The van der Waals surface area contributed by atoms with Crippen LogP contribution in [0.15, 0.2) is 42.5 Å². The summed E-state index contributed by atoms with van der Waals surface area (Å²) in [6, 6.07) is 10.4. The van der Waals surface area contributed by atoms with Crippen molar-refractivity contribution >= 4 is 35.0 Å². The number of amides is 3. The van der Waals surface area contributed by atoms with Gasteiger partial charge in [0.15, 0.2) is 0 Å². The second-order valence-electron chi connectivity index (χ2n) is 9.76. The molecule has 0 bridgehead atoms. The minimum Gasteiger partial charge on any atom is -0.352 e. The maximum Gasteiger partial charge on any atom is 0.239 e. The first-order chi connectivity index (χ1) is 17.2. The smallest absolute Gasteiger partial charge is 0.239 e. The van der Waals surface area contributed by atoms with Crippen LogP contribution >= 0.6 is 11.6 Å². The molecule has 0 saturated carbocycles. The van der Waals surface area contributed by atoms with E-state index < -0.39 is 17.8 Å². The lowest BCUT2D eigenvalue weighted by atomic mass is 9.82. The molecule has 7 nitrogen and oxygen atoms in total. The third-order valence-electron chi connectivity index (χ3n) is 7.09. The van der Waals surface area contributed by atoms with Crippen molar-refractivity contribution in [2.75, 3.05) is 32.0 Å². The lowest BCUT2D eigenvalue weighted by molar-refractivity contribution is -0.146. The molecular weight excluding hydrogens is 483 g/mol. The molecule has 3 amide bonds. The molecule has 0 aliphatic carbocycles. The lowest BCUT2D eigenvalue weighted by Gasteiger charge is -2.41. The highest BCUT2D eigenvalue weighted by Crippen LogP contribution is 2.39. The number of carbonyl (C=O) groups excluding carboxylic acids is 3. The fraction of sp³-hybridized carbons (Fsp3) is 0.444. The zero-order valence-corrected chi connectivity index (χ0v) is 21.4. The number of carbonyl (C=O) groups is 3. The summed E-state index contributed by atoms with van der Waals surface area (Å²) in [4.78, 5) is 43.3. The van der Waals surface area contributed by atoms with Gasteiger partial charge >= 0.3 is 0 Å². The largest absolute Gasteiger partial charge is 0.352 e. The number of piperidine rings is 2. The van der Waals surface area contributed by atoms with E-state index in [4.69, 9.17) is 11.6 Å². The third-order valence-corrected chi connectivity index (χ3v) is 7.33. The van der Waals surface area contributed by atoms with Gasteiger partial charge in [0.25, 0.3) is 0 Å². The number of rotatable bonds is 6. The molecule has 2 heterocycles. The summed E-state index contributed by atoms with van der Waals surface area (Å²) in [5, 5.41) is 6.41. The van der Waals surface area contributed by atoms with Gasteiger partial charge in [0.2, 0.25) is 17.7 Å². The van der Waals surface area contributed by atoms with Gasteiger partial charge in [0, 0.05) is 23.2 Å². The van der Waals surface area contributed by atoms with Crippen molar-refractivity contribution in [2.24, 2.45) is 5.92 Å². The minimum absolute atomic E-state index is 0.0462. The van der Waals surface area contributed by atoms with E-state index >= 15 is 0 Å². The van der Waals surface area contributed by atoms with Crippen LogP contribution < -0.4 is 10.6 Å². The van der Waals surface area contributed by atoms with Crippen LogP contribution in [0.2, 0.25) is 5.02 Å². The zero-order valence-electron chi connectivity index (χ0n) is 20.6. The van der Waals surface area contributed by atoms with Gasteiger partial charge in [-0.1, -0.05) is 23.7 Å². The van der Waals surface area contributed by atoms with E-state index in [9.17, 15) is 18.8 Å². The normalized spacial score (nSPS) is 21.3. The molecule has 0 aromatic heterocycles. The monoisotopic (exact) mass is 514 g/mol. The molecule has 2 aromatic carbocycles. The van der Waals surface area contributed by atoms with Crippen molar-refractivity contribution in [1.82, 2.24) is 15.1 Å². The molecule has 0 spiro atoms. The van der Waals surface area contributed by atoms with E-state index in [-0.39, 0.29) is 36.7 Å². The van der Waals surface area contributed by atoms with E-state index in [0.29, 0.717) is 22.7 Å². The number of hydrogen-bond donors (Lipinski definition) is 2. The van der Waals surface area contributed by atoms with Crippen molar-refractivity contribution in [3.8, 4) is 0 Å². The summed E-state index contributed by atoms with van der Waals surface area (Å²) in [7, 11) is 2.05. The predicted octanol–water partition coefficient (Wildman–Crippen LogP) is 3.92. The topological polar surface area (TPSA) is 81.8 Å². The van der Waals surface area contributed by atoms with Gasteiger partial charge in [0.1, 0.15) is 12.4 Å². The first-order valence-electron chi connectivity index (χ1n) is 12.3. The van der Waals surface area contributed by atoms with Crippen molar-refractivity contribution in [3.63, 3.8) is 0 Å². The minimum atomic E-state index is -0.774. The molecule has 36 heavy (non-hydrogen) atoms. The maximum absolute atomic E-state index is 14.3. The second-order valence-corrected chi connectivity index (χ2v) is 10.2. The Balaban J connectivity index is 1.60. The molecule has 1 unspecified atom stereocenters. The average Bonchev–Trinajstić information content (AvgIpc) is 2.83. The van der Waals surface area contributed by atoms with Crippen molar-refractivity contribution in [3.05, 3.63) is 64.4 Å². The molecule has 2 saturated heterocycles. The van der Waals surface area contributed by atoms with Crippen LogP contribution in [0.5, 0.6) is 0 Å². The van der Waals surface area contributed by atoms with Crippen LogP contribution in [0.3, 0.4) is 0 Å². The number of halogens is 2. The number of benzene rings is 2. The van der Waals surface area contributed by atoms with E-state index in [2.05, 4.69) is 15.5 Å². The standard InChI is InChI=1S/C27H32ClFN4O3/c1-17-6-7-19(29)15-23(17)26-22(27(36)31-21-5-3-4-18(28)14-21)8-9-25(35)33(26)16-24(34)30-20-10-12-32(2)13-11-20/h3-7,14-15,20,22,26H,8-13,16H2,1-2H3,(H,30,34)(H,31,36)/t22?,26-/m0/s1. The SMILES string of the molecule is Cc1ccc(F)cc1[C@@H]1C(C(=O)Nc2cccc(Cl)c2)CCC(=O)N1CC(=O)NC1CCN(C)CC1. The van der Waals surface area contributed by atoms with Gasteiger partial charge in [-0.15, -0.1) is 0 Å². The summed E-state index contributed by atoms with van der Waals surface area (Å²) in [5.74, 6) is -1.93. The first-order valence-corrected chi connectivity index (χ1v) is 12.7. The molecule has 2 aliphatic heterocycles. The van der Waals surface area contributed by atoms with E-state index in [0.717, 1.165) is 31.5 Å². The van der Waals surface area contributed by atoms with Gasteiger partial charge < -0.3 is 20.4 Å². The lowest BCUT2D eigenvalue weighted by Crippen LogP contribution is -2.52. The van der Waals surface area contributed by atoms with Gasteiger partial charge in [0.05, 0.1) is 12.0 Å². The highest BCUT2D eigenvalue weighted by molar-refractivity contribution is 6.30. The average molecular weight is 515 g/mol. The molecular formula is C27H32ClFN4O3. The fourth-order valence-corrected chi connectivity index (χ4v) is 5.30. The van der Waals surface area contributed by atoms with Crippen LogP contribution in [0.4, 0.5) is 10.1 Å². The van der Waals surface area contributed by atoms with Crippen LogP contribution in [0, 0.1) is 18.7 Å². The zero-order chi connectivity index (χ0) is 25.8. The fourth-order valence-electron chi connectivity index (χ4n) is 5.11. The van der Waals surface area contributed by atoms with E-state index in [1.165, 1.54) is 17.0 Å². The summed E-state index contributed by atoms with van der Waals surface area (Å²) in [6.07, 6.45) is 2.10. The van der Waals surface area contributed by atoms with Gasteiger partial charge in [-0.05, 0) is 87.8 Å². The number of nitrogens with one attached hydrogen (secondary N) is 2. The molecule has 192 valence electrons. The number of hydrogen-bond acceptors (Lipinski definition) is 4.